The van der Waals surface area contributed by atoms with Crippen molar-refractivity contribution >= 4 is 51.8 Å². The first-order chi connectivity index (χ1) is 15.7. The highest BCUT2D eigenvalue weighted by molar-refractivity contribution is 8.23. The van der Waals surface area contributed by atoms with Crippen molar-refractivity contribution in [1.82, 2.24) is 5.01 Å². The fraction of sp³-hybridized carbons (Fsp3) is 0.120. The lowest BCUT2D eigenvalue weighted by Gasteiger charge is -2.24. The molecule has 158 valence electrons. The minimum Gasteiger partial charge on any atom is -0.272 e. The lowest BCUT2D eigenvalue weighted by molar-refractivity contribution is -0.123. The number of benzene rings is 3. The Hall–Kier alpha value is -3.29. The summed E-state index contributed by atoms with van der Waals surface area (Å²) in [5, 5.41) is 12.6. The molecule has 0 saturated carbocycles. The number of rotatable bonds is 5. The van der Waals surface area contributed by atoms with E-state index in [4.69, 9.17) is 17.3 Å². The zero-order chi connectivity index (χ0) is 21.9. The van der Waals surface area contributed by atoms with Crippen molar-refractivity contribution in [3.8, 4) is 0 Å². The summed E-state index contributed by atoms with van der Waals surface area (Å²) in [6, 6.07) is 28.9. The predicted molar refractivity (Wildman–Crippen MR) is 135 cm³/mol. The zero-order valence-electron chi connectivity index (χ0n) is 17.2. The Balaban J connectivity index is 1.42. The van der Waals surface area contributed by atoms with E-state index in [2.05, 4.69) is 46.5 Å². The number of hydrogen-bond donors (Lipinski definition) is 0. The summed E-state index contributed by atoms with van der Waals surface area (Å²) in [6.07, 6.45) is 2.50. The van der Waals surface area contributed by atoms with Crippen LogP contribution in [0.25, 0.3) is 0 Å². The molecule has 0 bridgehead atoms. The summed E-state index contributed by atoms with van der Waals surface area (Å²) in [6.45, 7) is 0. The first kappa shape index (κ1) is 20.6. The number of carbonyl (C=O) groups is 1. The van der Waals surface area contributed by atoms with Crippen molar-refractivity contribution in [1.29, 1.82) is 0 Å². The van der Waals surface area contributed by atoms with Crippen LogP contribution in [-0.4, -0.2) is 32.9 Å². The topological polar surface area (TPSA) is 48.3 Å². The van der Waals surface area contributed by atoms with E-state index >= 15 is 0 Å². The number of hydrazone groups is 2. The van der Waals surface area contributed by atoms with Gasteiger partial charge in [0.2, 0.25) is 0 Å². The molecule has 5 rings (SSSR count). The summed E-state index contributed by atoms with van der Waals surface area (Å²) in [7, 11) is 0. The molecule has 1 saturated heterocycles. The first-order valence-corrected chi connectivity index (χ1v) is 11.7. The Bertz CT molecular complexity index is 1180. The van der Waals surface area contributed by atoms with Gasteiger partial charge in [0.25, 0.3) is 5.91 Å². The SMILES string of the molecule is O=C1CSC(=S)N1N=Cc1ccc(N2N=C(c3ccccc3)CC2c2ccccc2)cc1. The van der Waals surface area contributed by atoms with Crippen molar-refractivity contribution in [2.24, 2.45) is 10.2 Å². The Morgan fingerprint density at radius 1 is 0.969 bits per heavy atom. The molecule has 2 heterocycles. The van der Waals surface area contributed by atoms with Gasteiger partial charge in [-0.25, -0.2) is 0 Å². The highest BCUT2D eigenvalue weighted by Crippen LogP contribution is 2.36. The highest BCUT2D eigenvalue weighted by atomic mass is 32.2. The van der Waals surface area contributed by atoms with Crippen molar-refractivity contribution in [2.45, 2.75) is 12.5 Å². The summed E-state index contributed by atoms with van der Waals surface area (Å²) in [4.78, 5) is 11.8. The molecule has 0 aromatic heterocycles. The van der Waals surface area contributed by atoms with Crippen LogP contribution in [0.1, 0.15) is 29.2 Å². The third kappa shape index (κ3) is 4.22. The van der Waals surface area contributed by atoms with Crippen LogP contribution in [-0.2, 0) is 4.79 Å². The normalized spacial score (nSPS) is 18.6. The molecule has 1 amide bonds. The largest absolute Gasteiger partial charge is 0.272 e. The fourth-order valence-electron chi connectivity index (χ4n) is 3.78. The second-order valence-electron chi connectivity index (χ2n) is 7.48. The van der Waals surface area contributed by atoms with Gasteiger partial charge in [0, 0.05) is 6.42 Å². The Labute approximate surface area is 196 Å². The minimum atomic E-state index is -0.0848. The number of carbonyl (C=O) groups excluding carboxylic acids is 1. The Morgan fingerprint density at radius 2 is 1.66 bits per heavy atom. The lowest BCUT2D eigenvalue weighted by atomic mass is 9.98. The van der Waals surface area contributed by atoms with E-state index in [9.17, 15) is 4.79 Å². The second-order valence-corrected chi connectivity index (χ2v) is 9.09. The van der Waals surface area contributed by atoms with Gasteiger partial charge in [-0.2, -0.15) is 15.2 Å². The number of thioether (sulfide) groups is 1. The summed E-state index contributed by atoms with van der Waals surface area (Å²) < 4.78 is 0.494. The maximum atomic E-state index is 11.8. The van der Waals surface area contributed by atoms with Crippen LogP contribution in [0, 0.1) is 0 Å². The van der Waals surface area contributed by atoms with Crippen LogP contribution in [0.5, 0.6) is 0 Å². The van der Waals surface area contributed by atoms with Crippen LogP contribution in [0.4, 0.5) is 5.69 Å². The van der Waals surface area contributed by atoms with Crippen LogP contribution in [0.15, 0.2) is 95.1 Å². The van der Waals surface area contributed by atoms with E-state index in [0.717, 1.165) is 28.9 Å². The van der Waals surface area contributed by atoms with Crippen LogP contribution in [0.3, 0.4) is 0 Å². The highest BCUT2D eigenvalue weighted by Gasteiger charge is 2.30. The van der Waals surface area contributed by atoms with E-state index < -0.39 is 0 Å². The van der Waals surface area contributed by atoms with Crippen molar-refractivity contribution in [3.05, 3.63) is 102 Å². The number of anilines is 1. The monoisotopic (exact) mass is 456 g/mol. The standard InChI is InChI=1S/C25H20N4OS2/c30-24-17-32-25(31)29(24)26-16-18-11-13-21(14-12-18)28-23(20-9-5-2-6-10-20)15-22(27-28)19-7-3-1-4-8-19/h1-14,16,23H,15,17H2. The molecule has 2 aliphatic rings. The number of hydrogen-bond acceptors (Lipinski definition) is 6. The lowest BCUT2D eigenvalue weighted by Crippen LogP contribution is -2.22. The van der Waals surface area contributed by atoms with Crippen molar-refractivity contribution in [2.75, 3.05) is 10.8 Å². The zero-order valence-corrected chi connectivity index (χ0v) is 18.8. The maximum absolute atomic E-state index is 11.8. The molecule has 0 radical (unpaired) electrons. The molecule has 0 spiro atoms. The molecule has 5 nitrogen and oxygen atoms in total. The average Bonchev–Trinajstić information content (AvgIpc) is 3.43. The Morgan fingerprint density at radius 3 is 2.31 bits per heavy atom. The molecule has 1 atom stereocenters. The van der Waals surface area contributed by atoms with Gasteiger partial charge in [0.15, 0.2) is 4.32 Å². The summed E-state index contributed by atoms with van der Waals surface area (Å²) >= 11 is 6.51. The van der Waals surface area contributed by atoms with E-state index in [0.29, 0.717) is 10.1 Å². The van der Waals surface area contributed by atoms with Gasteiger partial charge in [-0.15, -0.1) is 0 Å². The molecular formula is C25H20N4OS2. The molecule has 2 aliphatic heterocycles. The van der Waals surface area contributed by atoms with Crippen LogP contribution >= 0.6 is 24.0 Å². The average molecular weight is 457 g/mol. The van der Waals surface area contributed by atoms with Gasteiger partial charge in [0.1, 0.15) is 0 Å². The molecular weight excluding hydrogens is 436 g/mol. The number of nitrogens with zero attached hydrogens (tertiary/aromatic N) is 4. The Kier molecular flexibility index (Phi) is 5.83. The molecule has 1 fully saturated rings. The van der Waals surface area contributed by atoms with Crippen molar-refractivity contribution < 1.29 is 4.79 Å². The number of amides is 1. The van der Waals surface area contributed by atoms with Gasteiger partial charge in [0.05, 0.1) is 29.4 Å². The smallest absolute Gasteiger partial charge is 0.259 e. The van der Waals surface area contributed by atoms with Gasteiger partial charge in [-0.1, -0.05) is 96.8 Å². The summed E-state index contributed by atoms with van der Waals surface area (Å²) in [5.41, 5.74) is 5.34. The summed E-state index contributed by atoms with van der Waals surface area (Å²) in [5.74, 6) is 0.269. The fourth-order valence-corrected chi connectivity index (χ4v) is 4.75. The van der Waals surface area contributed by atoms with Crippen LogP contribution in [0.2, 0.25) is 0 Å². The maximum Gasteiger partial charge on any atom is 0.259 e. The van der Waals surface area contributed by atoms with Crippen molar-refractivity contribution in [3.63, 3.8) is 0 Å². The predicted octanol–water partition coefficient (Wildman–Crippen LogP) is 5.24. The van der Waals surface area contributed by atoms with Gasteiger partial charge in [-0.05, 0) is 28.8 Å². The molecule has 3 aromatic rings. The van der Waals surface area contributed by atoms with Gasteiger partial charge >= 0.3 is 0 Å². The molecule has 7 heteroatoms. The third-order valence-corrected chi connectivity index (χ3v) is 6.75. The third-order valence-electron chi connectivity index (χ3n) is 5.41. The van der Waals surface area contributed by atoms with Gasteiger partial charge < -0.3 is 0 Å². The minimum absolute atomic E-state index is 0.0848. The first-order valence-electron chi connectivity index (χ1n) is 10.3. The molecule has 3 aromatic carbocycles. The van der Waals surface area contributed by atoms with Crippen LogP contribution < -0.4 is 5.01 Å². The van der Waals surface area contributed by atoms with E-state index in [1.807, 2.05) is 48.5 Å². The van der Waals surface area contributed by atoms with E-state index in [1.54, 1.807) is 6.21 Å². The molecule has 0 N–H and O–H groups in total. The number of thiocarbonyl (C=S) groups is 1. The quantitative estimate of drug-likeness (QED) is 0.389. The molecule has 1 unspecified atom stereocenters. The van der Waals surface area contributed by atoms with E-state index in [1.165, 1.54) is 22.3 Å². The van der Waals surface area contributed by atoms with Gasteiger partial charge in [-0.3, -0.25) is 9.80 Å². The second kappa shape index (κ2) is 9.06. The molecule has 32 heavy (non-hydrogen) atoms. The molecule has 0 aliphatic carbocycles. The van der Waals surface area contributed by atoms with E-state index in [-0.39, 0.29) is 11.9 Å².